The molecular formula is C20H31N3O. The second-order valence-corrected chi connectivity index (χ2v) is 7.41. The summed E-state index contributed by atoms with van der Waals surface area (Å²) in [7, 11) is 0. The van der Waals surface area contributed by atoms with Crippen LogP contribution in [0.1, 0.15) is 63.4 Å². The van der Waals surface area contributed by atoms with E-state index < -0.39 is 0 Å². The second kappa shape index (κ2) is 9.16. The minimum absolute atomic E-state index is 0.187. The number of nitrogens with one attached hydrogen (secondary N) is 1. The zero-order valence-corrected chi connectivity index (χ0v) is 14.8. The third-order valence-electron chi connectivity index (χ3n) is 5.52. The van der Waals surface area contributed by atoms with Gasteiger partial charge in [0.2, 0.25) is 5.91 Å². The van der Waals surface area contributed by atoms with Crippen LogP contribution in [0.15, 0.2) is 24.5 Å². The molecule has 1 atom stereocenters. The van der Waals surface area contributed by atoms with Crippen molar-refractivity contribution in [2.45, 2.75) is 76.3 Å². The number of aryl methyl sites for hydroxylation is 1. The van der Waals surface area contributed by atoms with Crippen molar-refractivity contribution in [1.29, 1.82) is 0 Å². The number of rotatable bonds is 5. The molecule has 1 amide bonds. The van der Waals surface area contributed by atoms with Crippen molar-refractivity contribution in [1.82, 2.24) is 15.2 Å². The van der Waals surface area contributed by atoms with Crippen LogP contribution in [0.5, 0.6) is 0 Å². The first-order valence-corrected chi connectivity index (χ1v) is 9.73. The molecule has 2 aliphatic rings. The Labute approximate surface area is 146 Å². The molecule has 1 saturated heterocycles. The molecule has 2 fully saturated rings. The number of hydrogen-bond donors (Lipinski definition) is 1. The SMILES string of the molecule is O=C(CCc1cccnc1)N[C@@H]1CCCN(C2CCCCCC2)C1. The van der Waals surface area contributed by atoms with E-state index in [0.717, 1.165) is 31.0 Å². The van der Waals surface area contributed by atoms with E-state index in [2.05, 4.69) is 15.2 Å². The number of carbonyl (C=O) groups is 1. The van der Waals surface area contributed by atoms with Crippen molar-refractivity contribution in [2.24, 2.45) is 0 Å². The molecule has 0 bridgehead atoms. The molecule has 4 nitrogen and oxygen atoms in total. The molecule has 0 radical (unpaired) electrons. The van der Waals surface area contributed by atoms with Crippen molar-refractivity contribution >= 4 is 5.91 Å². The molecule has 3 rings (SSSR count). The highest BCUT2D eigenvalue weighted by molar-refractivity contribution is 5.76. The third kappa shape index (κ3) is 5.30. The fourth-order valence-electron chi connectivity index (χ4n) is 4.18. The quantitative estimate of drug-likeness (QED) is 0.843. The van der Waals surface area contributed by atoms with Gasteiger partial charge in [-0.2, -0.15) is 0 Å². The molecule has 2 heterocycles. The van der Waals surface area contributed by atoms with Crippen LogP contribution in [0.2, 0.25) is 0 Å². The number of piperidine rings is 1. The van der Waals surface area contributed by atoms with Crippen LogP contribution in [0.25, 0.3) is 0 Å². The molecule has 1 aliphatic carbocycles. The van der Waals surface area contributed by atoms with E-state index in [1.165, 1.54) is 51.5 Å². The van der Waals surface area contributed by atoms with Crippen LogP contribution in [0.3, 0.4) is 0 Å². The van der Waals surface area contributed by atoms with Gasteiger partial charge in [0.25, 0.3) is 0 Å². The fraction of sp³-hybridized carbons (Fsp3) is 0.700. The first-order valence-electron chi connectivity index (χ1n) is 9.73. The summed E-state index contributed by atoms with van der Waals surface area (Å²) in [5, 5.41) is 3.27. The number of nitrogens with zero attached hydrogens (tertiary/aromatic N) is 2. The Morgan fingerprint density at radius 3 is 2.75 bits per heavy atom. The maximum Gasteiger partial charge on any atom is 0.220 e. The van der Waals surface area contributed by atoms with E-state index >= 15 is 0 Å². The number of pyridine rings is 1. The average Bonchev–Trinajstić information content (AvgIpc) is 2.91. The standard InChI is InChI=1S/C20H31N3O/c24-20(12-11-17-7-5-13-21-15-17)22-18-8-6-14-23(16-18)19-9-3-1-2-4-10-19/h5,7,13,15,18-19H,1-4,6,8-12,14,16H2,(H,22,24)/t18-/m1/s1. The fourth-order valence-corrected chi connectivity index (χ4v) is 4.18. The lowest BCUT2D eigenvalue weighted by atomic mass is 9.99. The Morgan fingerprint density at radius 2 is 2.00 bits per heavy atom. The van der Waals surface area contributed by atoms with Gasteiger partial charge in [-0.1, -0.05) is 31.7 Å². The molecule has 1 aromatic heterocycles. The first-order chi connectivity index (χ1) is 11.8. The summed E-state index contributed by atoms with van der Waals surface area (Å²) in [5.41, 5.74) is 1.14. The van der Waals surface area contributed by atoms with Gasteiger partial charge in [0.05, 0.1) is 0 Å². The van der Waals surface area contributed by atoms with Crippen molar-refractivity contribution in [3.05, 3.63) is 30.1 Å². The summed E-state index contributed by atoms with van der Waals surface area (Å²) in [6.07, 6.45) is 15.6. The summed E-state index contributed by atoms with van der Waals surface area (Å²) < 4.78 is 0. The molecule has 1 saturated carbocycles. The van der Waals surface area contributed by atoms with Crippen LogP contribution in [0.4, 0.5) is 0 Å². The molecule has 24 heavy (non-hydrogen) atoms. The Kier molecular flexibility index (Phi) is 6.65. The second-order valence-electron chi connectivity index (χ2n) is 7.41. The molecule has 1 N–H and O–H groups in total. The Hall–Kier alpha value is -1.42. The van der Waals surface area contributed by atoms with Crippen LogP contribution >= 0.6 is 0 Å². The molecule has 1 aliphatic heterocycles. The van der Waals surface area contributed by atoms with Gasteiger partial charge in [-0.25, -0.2) is 0 Å². The number of hydrogen-bond acceptors (Lipinski definition) is 3. The molecule has 0 aromatic carbocycles. The first kappa shape index (κ1) is 17.4. The van der Waals surface area contributed by atoms with Gasteiger partial charge in [-0.05, 0) is 50.3 Å². The maximum absolute atomic E-state index is 12.3. The minimum Gasteiger partial charge on any atom is -0.352 e. The number of aromatic nitrogens is 1. The van der Waals surface area contributed by atoms with Gasteiger partial charge in [0.1, 0.15) is 0 Å². The van der Waals surface area contributed by atoms with Crippen molar-refractivity contribution in [2.75, 3.05) is 13.1 Å². The molecule has 132 valence electrons. The summed E-state index contributed by atoms with van der Waals surface area (Å²) in [5.74, 6) is 0.187. The molecule has 0 spiro atoms. The van der Waals surface area contributed by atoms with Gasteiger partial charge in [-0.3, -0.25) is 14.7 Å². The van der Waals surface area contributed by atoms with Crippen molar-refractivity contribution in [3.8, 4) is 0 Å². The maximum atomic E-state index is 12.3. The van der Waals surface area contributed by atoms with Gasteiger partial charge in [0.15, 0.2) is 0 Å². The van der Waals surface area contributed by atoms with Crippen LogP contribution < -0.4 is 5.32 Å². The van der Waals surface area contributed by atoms with Crippen molar-refractivity contribution in [3.63, 3.8) is 0 Å². The zero-order chi connectivity index (χ0) is 16.6. The summed E-state index contributed by atoms with van der Waals surface area (Å²) in [4.78, 5) is 19.0. The minimum atomic E-state index is 0.187. The number of likely N-dealkylation sites (tertiary alicyclic amines) is 1. The highest BCUT2D eigenvalue weighted by Gasteiger charge is 2.27. The van der Waals surface area contributed by atoms with Gasteiger partial charge >= 0.3 is 0 Å². The van der Waals surface area contributed by atoms with E-state index in [-0.39, 0.29) is 5.91 Å². The summed E-state index contributed by atoms with van der Waals surface area (Å²) >= 11 is 0. The predicted octanol–water partition coefficient (Wildman–Crippen LogP) is 3.32. The topological polar surface area (TPSA) is 45.2 Å². The summed E-state index contributed by atoms with van der Waals surface area (Å²) in [6.45, 7) is 2.26. The molecule has 1 aromatic rings. The number of amides is 1. The smallest absolute Gasteiger partial charge is 0.220 e. The predicted molar refractivity (Wildman–Crippen MR) is 96.8 cm³/mol. The van der Waals surface area contributed by atoms with Crippen LogP contribution in [-0.2, 0) is 11.2 Å². The Morgan fingerprint density at radius 1 is 1.17 bits per heavy atom. The normalized spacial score (nSPS) is 23.6. The van der Waals surface area contributed by atoms with Crippen LogP contribution in [-0.4, -0.2) is 41.0 Å². The lowest BCUT2D eigenvalue weighted by Gasteiger charge is -2.38. The van der Waals surface area contributed by atoms with E-state index in [4.69, 9.17) is 0 Å². The molecule has 4 heteroatoms. The van der Waals surface area contributed by atoms with E-state index in [1.807, 2.05) is 18.3 Å². The lowest BCUT2D eigenvalue weighted by molar-refractivity contribution is -0.122. The highest BCUT2D eigenvalue weighted by Crippen LogP contribution is 2.24. The largest absolute Gasteiger partial charge is 0.352 e. The zero-order valence-electron chi connectivity index (χ0n) is 14.8. The van der Waals surface area contributed by atoms with E-state index in [0.29, 0.717) is 12.5 Å². The summed E-state index contributed by atoms with van der Waals surface area (Å²) in [6, 6.07) is 5.05. The lowest BCUT2D eigenvalue weighted by Crippen LogP contribution is -2.50. The molecule has 0 unspecified atom stereocenters. The van der Waals surface area contributed by atoms with Gasteiger partial charge < -0.3 is 5.32 Å². The monoisotopic (exact) mass is 329 g/mol. The highest BCUT2D eigenvalue weighted by atomic mass is 16.1. The Balaban J connectivity index is 1.43. The van der Waals surface area contributed by atoms with E-state index in [9.17, 15) is 4.79 Å². The van der Waals surface area contributed by atoms with Crippen molar-refractivity contribution < 1.29 is 4.79 Å². The third-order valence-corrected chi connectivity index (χ3v) is 5.52. The average molecular weight is 329 g/mol. The van der Waals surface area contributed by atoms with Crippen LogP contribution in [0, 0.1) is 0 Å². The number of carbonyl (C=O) groups excluding carboxylic acids is 1. The Bertz CT molecular complexity index is 497. The molecular weight excluding hydrogens is 298 g/mol. The van der Waals surface area contributed by atoms with Gasteiger partial charge in [0, 0.05) is 37.4 Å². The van der Waals surface area contributed by atoms with Gasteiger partial charge in [-0.15, -0.1) is 0 Å². The van der Waals surface area contributed by atoms with E-state index in [1.54, 1.807) is 6.20 Å².